The van der Waals surface area contributed by atoms with E-state index in [0.29, 0.717) is 6.42 Å². The quantitative estimate of drug-likeness (QED) is 0.352. The van der Waals surface area contributed by atoms with Crippen LogP contribution in [-0.2, 0) is 11.2 Å². The number of hydrogen-bond acceptors (Lipinski definition) is 3. The lowest BCUT2D eigenvalue weighted by atomic mass is 10.1. The van der Waals surface area contributed by atoms with Gasteiger partial charge in [0.1, 0.15) is 0 Å². The summed E-state index contributed by atoms with van der Waals surface area (Å²) in [6.45, 7) is 4.36. The first-order chi connectivity index (χ1) is 10.3. The van der Waals surface area contributed by atoms with Gasteiger partial charge in [0.05, 0.1) is 6.21 Å². The molecule has 3 nitrogen and oxygen atoms in total. The number of nitrogens with one attached hydrogen (secondary N) is 1. The van der Waals surface area contributed by atoms with Gasteiger partial charge in [-0.3, -0.25) is 4.79 Å². The van der Waals surface area contributed by atoms with Gasteiger partial charge in [-0.2, -0.15) is 5.10 Å². The Bertz CT molecular complexity index is 426. The minimum absolute atomic E-state index is 0.0204. The third-order valence-electron chi connectivity index (χ3n) is 3.42. The van der Waals surface area contributed by atoms with Gasteiger partial charge in [0.15, 0.2) is 0 Å². The van der Waals surface area contributed by atoms with Gasteiger partial charge >= 0.3 is 0 Å². The Hall–Kier alpha value is -1.16. The molecule has 0 spiro atoms. The van der Waals surface area contributed by atoms with Gasteiger partial charge in [-0.25, -0.2) is 5.43 Å². The summed E-state index contributed by atoms with van der Waals surface area (Å²) in [5.41, 5.74) is 2.61. The third-order valence-corrected chi connectivity index (χ3v) is 4.58. The Morgan fingerprint density at radius 1 is 1.14 bits per heavy atom. The van der Waals surface area contributed by atoms with Gasteiger partial charge in [0.2, 0.25) is 5.91 Å². The summed E-state index contributed by atoms with van der Waals surface area (Å²) in [5, 5.41) is 4.01. The first kappa shape index (κ1) is 17.9. The standard InChI is InChI=1S/C17H28N2OS/c1-3-5-6-7-8-9-10-11-17(20)19-18-14-16-13-12-15(4-2)21-16/h12-14H,3-11H2,1-2H3,(H,19,20)/b18-14+. The number of aryl methyl sites for hydroxylation is 1. The molecule has 0 saturated carbocycles. The van der Waals surface area contributed by atoms with Crippen LogP contribution in [-0.4, -0.2) is 12.1 Å². The maximum atomic E-state index is 11.6. The van der Waals surface area contributed by atoms with Gasteiger partial charge in [0, 0.05) is 16.2 Å². The molecule has 0 aliphatic rings. The number of hydrogen-bond donors (Lipinski definition) is 1. The first-order valence-electron chi connectivity index (χ1n) is 8.16. The summed E-state index contributed by atoms with van der Waals surface area (Å²) in [7, 11) is 0. The fourth-order valence-corrected chi connectivity index (χ4v) is 2.95. The predicted octanol–water partition coefficient (Wildman–Crippen LogP) is 4.90. The van der Waals surface area contributed by atoms with Gasteiger partial charge in [-0.15, -0.1) is 11.3 Å². The SMILES string of the molecule is CCCCCCCCCC(=O)N/N=C/c1ccc(CC)s1. The maximum absolute atomic E-state index is 11.6. The van der Waals surface area contributed by atoms with E-state index in [2.05, 4.69) is 30.4 Å². The van der Waals surface area contributed by atoms with Crippen molar-refractivity contribution in [2.75, 3.05) is 0 Å². The summed E-state index contributed by atoms with van der Waals surface area (Å²) < 4.78 is 0. The van der Waals surface area contributed by atoms with E-state index in [4.69, 9.17) is 0 Å². The van der Waals surface area contributed by atoms with Crippen molar-refractivity contribution < 1.29 is 4.79 Å². The number of unbranched alkanes of at least 4 members (excludes halogenated alkanes) is 6. The molecule has 1 N–H and O–H groups in total. The molecule has 0 aromatic carbocycles. The zero-order chi connectivity index (χ0) is 15.3. The summed E-state index contributed by atoms with van der Waals surface area (Å²) in [4.78, 5) is 14.0. The van der Waals surface area contributed by atoms with Crippen LogP contribution in [0.3, 0.4) is 0 Å². The maximum Gasteiger partial charge on any atom is 0.240 e. The van der Waals surface area contributed by atoms with Crippen LogP contribution in [0.5, 0.6) is 0 Å². The fourth-order valence-electron chi connectivity index (χ4n) is 2.12. The normalized spacial score (nSPS) is 11.1. The van der Waals surface area contributed by atoms with Gasteiger partial charge in [-0.1, -0.05) is 52.4 Å². The monoisotopic (exact) mass is 308 g/mol. The third kappa shape index (κ3) is 8.66. The van der Waals surface area contributed by atoms with Crippen LogP contribution in [0.1, 0.15) is 75.0 Å². The Balaban J connectivity index is 2.05. The number of carbonyl (C=O) groups is 1. The zero-order valence-electron chi connectivity index (χ0n) is 13.4. The van der Waals surface area contributed by atoms with Crippen LogP contribution in [0.25, 0.3) is 0 Å². The van der Waals surface area contributed by atoms with E-state index < -0.39 is 0 Å². The minimum atomic E-state index is 0.0204. The highest BCUT2D eigenvalue weighted by atomic mass is 32.1. The Kier molecular flexibility index (Phi) is 9.79. The summed E-state index contributed by atoms with van der Waals surface area (Å²) in [6, 6.07) is 4.14. The highest BCUT2D eigenvalue weighted by Gasteiger charge is 2.00. The second kappa shape index (κ2) is 11.5. The molecule has 0 atom stereocenters. The molecule has 0 radical (unpaired) electrons. The Labute approximate surface area is 132 Å². The topological polar surface area (TPSA) is 41.5 Å². The molecule has 0 fully saturated rings. The highest BCUT2D eigenvalue weighted by Crippen LogP contribution is 2.14. The molecule has 1 aromatic heterocycles. The Morgan fingerprint density at radius 2 is 1.86 bits per heavy atom. The Morgan fingerprint density at radius 3 is 2.52 bits per heavy atom. The number of nitrogens with zero attached hydrogens (tertiary/aromatic N) is 1. The lowest BCUT2D eigenvalue weighted by molar-refractivity contribution is -0.121. The molecule has 0 aliphatic heterocycles. The number of thiophene rings is 1. The first-order valence-corrected chi connectivity index (χ1v) is 8.98. The van der Waals surface area contributed by atoms with Crippen LogP contribution in [0, 0.1) is 0 Å². The number of amides is 1. The van der Waals surface area contributed by atoms with Gasteiger partial charge in [-0.05, 0) is 25.0 Å². The average molecular weight is 308 g/mol. The molecule has 0 unspecified atom stereocenters. The molecule has 1 aromatic rings. The molecule has 0 aliphatic carbocycles. The number of carbonyl (C=O) groups excluding carboxylic acids is 1. The molecule has 0 bridgehead atoms. The minimum Gasteiger partial charge on any atom is -0.273 e. The number of hydrazone groups is 1. The molecule has 1 amide bonds. The second-order valence-electron chi connectivity index (χ2n) is 5.32. The lowest BCUT2D eigenvalue weighted by Crippen LogP contribution is -2.16. The van der Waals surface area contributed by atoms with Crippen molar-refractivity contribution in [1.82, 2.24) is 5.43 Å². The smallest absolute Gasteiger partial charge is 0.240 e. The van der Waals surface area contributed by atoms with E-state index in [1.54, 1.807) is 17.6 Å². The van der Waals surface area contributed by atoms with Crippen LogP contribution >= 0.6 is 11.3 Å². The van der Waals surface area contributed by atoms with E-state index in [1.807, 2.05) is 6.07 Å². The highest BCUT2D eigenvalue weighted by molar-refractivity contribution is 7.13. The second-order valence-corrected chi connectivity index (χ2v) is 6.52. The summed E-state index contributed by atoms with van der Waals surface area (Å²) in [6.07, 6.45) is 11.9. The van der Waals surface area contributed by atoms with E-state index in [1.165, 1.54) is 37.0 Å². The van der Waals surface area contributed by atoms with Crippen molar-refractivity contribution in [3.8, 4) is 0 Å². The van der Waals surface area contributed by atoms with E-state index in [9.17, 15) is 4.79 Å². The zero-order valence-corrected chi connectivity index (χ0v) is 14.2. The van der Waals surface area contributed by atoms with E-state index in [-0.39, 0.29) is 5.91 Å². The lowest BCUT2D eigenvalue weighted by Gasteiger charge is -2.01. The molecule has 1 heterocycles. The molecular formula is C17H28N2OS. The molecule has 118 valence electrons. The molecular weight excluding hydrogens is 280 g/mol. The average Bonchev–Trinajstić information content (AvgIpc) is 2.94. The summed E-state index contributed by atoms with van der Waals surface area (Å²) >= 11 is 1.71. The largest absolute Gasteiger partial charge is 0.273 e. The molecule has 21 heavy (non-hydrogen) atoms. The van der Waals surface area contributed by atoms with Crippen molar-refractivity contribution in [3.05, 3.63) is 21.9 Å². The van der Waals surface area contributed by atoms with Crippen LogP contribution in [0.2, 0.25) is 0 Å². The number of rotatable bonds is 11. The summed E-state index contributed by atoms with van der Waals surface area (Å²) in [5.74, 6) is 0.0204. The van der Waals surface area contributed by atoms with Crippen molar-refractivity contribution in [1.29, 1.82) is 0 Å². The van der Waals surface area contributed by atoms with Crippen LogP contribution < -0.4 is 5.43 Å². The molecule has 0 saturated heterocycles. The van der Waals surface area contributed by atoms with Gasteiger partial charge in [0.25, 0.3) is 0 Å². The molecule has 1 rings (SSSR count). The molecule has 4 heteroatoms. The van der Waals surface area contributed by atoms with Crippen molar-refractivity contribution in [2.45, 2.75) is 71.6 Å². The van der Waals surface area contributed by atoms with Crippen molar-refractivity contribution in [3.63, 3.8) is 0 Å². The van der Waals surface area contributed by atoms with Crippen molar-refractivity contribution in [2.24, 2.45) is 5.10 Å². The van der Waals surface area contributed by atoms with Crippen LogP contribution in [0.15, 0.2) is 17.2 Å². The van der Waals surface area contributed by atoms with E-state index >= 15 is 0 Å². The van der Waals surface area contributed by atoms with E-state index in [0.717, 1.165) is 24.1 Å². The van der Waals surface area contributed by atoms with Crippen molar-refractivity contribution >= 4 is 23.5 Å². The van der Waals surface area contributed by atoms with Crippen LogP contribution in [0.4, 0.5) is 0 Å². The van der Waals surface area contributed by atoms with Gasteiger partial charge < -0.3 is 0 Å². The predicted molar refractivity (Wildman–Crippen MR) is 92.0 cm³/mol. The fraction of sp³-hybridized carbons (Fsp3) is 0.647.